The molecule has 0 saturated carbocycles. The van der Waals surface area contributed by atoms with E-state index >= 15 is 0 Å². The van der Waals surface area contributed by atoms with Gasteiger partial charge < -0.3 is 15.4 Å². The molecule has 19 heavy (non-hydrogen) atoms. The average Bonchev–Trinajstić information content (AvgIpc) is 2.43. The van der Waals surface area contributed by atoms with Crippen molar-refractivity contribution in [3.8, 4) is 5.75 Å². The SMILES string of the molecule is CCOc1ccc(CCCN2CCCCC2)cc1N. The Kier molecular flexibility index (Phi) is 5.52. The van der Waals surface area contributed by atoms with Crippen LogP contribution in [0.25, 0.3) is 0 Å². The Morgan fingerprint density at radius 2 is 2.00 bits per heavy atom. The Labute approximate surface area is 116 Å². The summed E-state index contributed by atoms with van der Waals surface area (Å²) in [7, 11) is 0. The van der Waals surface area contributed by atoms with Crippen LogP contribution in [0.3, 0.4) is 0 Å². The Hall–Kier alpha value is -1.22. The van der Waals surface area contributed by atoms with Crippen LogP contribution in [-0.2, 0) is 6.42 Å². The number of nitrogen functional groups attached to an aromatic ring is 1. The Bertz CT molecular complexity index is 386. The van der Waals surface area contributed by atoms with Gasteiger partial charge in [0.05, 0.1) is 12.3 Å². The number of hydrogen-bond acceptors (Lipinski definition) is 3. The number of piperidine rings is 1. The number of nitrogens with two attached hydrogens (primary N) is 1. The molecule has 0 atom stereocenters. The highest BCUT2D eigenvalue weighted by molar-refractivity contribution is 5.54. The van der Waals surface area contributed by atoms with Crippen molar-refractivity contribution in [2.45, 2.75) is 39.0 Å². The number of likely N-dealkylation sites (tertiary alicyclic amines) is 1. The van der Waals surface area contributed by atoms with Gasteiger partial charge in [0.15, 0.2) is 0 Å². The van der Waals surface area contributed by atoms with Crippen molar-refractivity contribution in [2.24, 2.45) is 0 Å². The predicted octanol–water partition coefficient (Wildman–Crippen LogP) is 3.09. The second kappa shape index (κ2) is 7.39. The fourth-order valence-electron chi connectivity index (χ4n) is 2.73. The van der Waals surface area contributed by atoms with Gasteiger partial charge in [0.2, 0.25) is 0 Å². The third kappa shape index (κ3) is 4.43. The zero-order valence-electron chi connectivity index (χ0n) is 12.0. The first kappa shape index (κ1) is 14.2. The smallest absolute Gasteiger partial charge is 0.142 e. The molecule has 0 aliphatic carbocycles. The van der Waals surface area contributed by atoms with E-state index in [0.29, 0.717) is 6.61 Å². The summed E-state index contributed by atoms with van der Waals surface area (Å²) < 4.78 is 5.46. The lowest BCUT2D eigenvalue weighted by atomic mass is 10.1. The number of nitrogens with zero attached hydrogens (tertiary/aromatic N) is 1. The van der Waals surface area contributed by atoms with Gasteiger partial charge in [0.25, 0.3) is 0 Å². The van der Waals surface area contributed by atoms with E-state index in [2.05, 4.69) is 17.0 Å². The zero-order chi connectivity index (χ0) is 13.5. The third-order valence-corrected chi connectivity index (χ3v) is 3.76. The highest BCUT2D eigenvalue weighted by Crippen LogP contribution is 2.23. The van der Waals surface area contributed by atoms with Crippen LogP contribution < -0.4 is 10.5 Å². The van der Waals surface area contributed by atoms with Crippen molar-refractivity contribution < 1.29 is 4.74 Å². The molecule has 3 nitrogen and oxygen atoms in total. The number of benzene rings is 1. The highest BCUT2D eigenvalue weighted by atomic mass is 16.5. The molecule has 0 radical (unpaired) electrons. The van der Waals surface area contributed by atoms with Gasteiger partial charge in [-0.1, -0.05) is 12.5 Å². The van der Waals surface area contributed by atoms with Crippen molar-refractivity contribution in [3.05, 3.63) is 23.8 Å². The molecule has 2 N–H and O–H groups in total. The predicted molar refractivity (Wildman–Crippen MR) is 80.6 cm³/mol. The zero-order valence-corrected chi connectivity index (χ0v) is 12.0. The van der Waals surface area contributed by atoms with E-state index in [1.165, 1.54) is 50.9 Å². The molecule has 106 valence electrons. The summed E-state index contributed by atoms with van der Waals surface area (Å²) in [5.74, 6) is 0.808. The van der Waals surface area contributed by atoms with Gasteiger partial charge in [-0.2, -0.15) is 0 Å². The first-order valence-corrected chi connectivity index (χ1v) is 7.53. The lowest BCUT2D eigenvalue weighted by Crippen LogP contribution is -2.30. The lowest BCUT2D eigenvalue weighted by Gasteiger charge is -2.26. The average molecular weight is 262 g/mol. The van der Waals surface area contributed by atoms with Gasteiger partial charge in [-0.3, -0.25) is 0 Å². The van der Waals surface area contributed by atoms with Crippen LogP contribution in [-0.4, -0.2) is 31.1 Å². The summed E-state index contributed by atoms with van der Waals surface area (Å²) in [5, 5.41) is 0. The van der Waals surface area contributed by atoms with E-state index in [-0.39, 0.29) is 0 Å². The number of rotatable bonds is 6. The fraction of sp³-hybridized carbons (Fsp3) is 0.625. The van der Waals surface area contributed by atoms with Crippen molar-refractivity contribution in [3.63, 3.8) is 0 Å². The summed E-state index contributed by atoms with van der Waals surface area (Å²) in [4.78, 5) is 2.58. The molecule has 0 unspecified atom stereocenters. The molecule has 1 aliphatic rings. The third-order valence-electron chi connectivity index (χ3n) is 3.76. The maximum absolute atomic E-state index is 5.99. The van der Waals surface area contributed by atoms with Crippen LogP contribution in [0, 0.1) is 0 Å². The second-order valence-corrected chi connectivity index (χ2v) is 5.31. The van der Waals surface area contributed by atoms with Crippen LogP contribution in [0.5, 0.6) is 5.75 Å². The molecular formula is C16H26N2O. The molecule has 1 aromatic rings. The molecular weight excluding hydrogens is 236 g/mol. The Morgan fingerprint density at radius 3 is 2.68 bits per heavy atom. The van der Waals surface area contributed by atoms with Crippen molar-refractivity contribution >= 4 is 5.69 Å². The van der Waals surface area contributed by atoms with Gasteiger partial charge >= 0.3 is 0 Å². The van der Waals surface area contributed by atoms with Crippen LogP contribution in [0.2, 0.25) is 0 Å². The number of aryl methyl sites for hydroxylation is 1. The Balaban J connectivity index is 1.77. The molecule has 0 bridgehead atoms. The molecule has 1 aliphatic heterocycles. The lowest BCUT2D eigenvalue weighted by molar-refractivity contribution is 0.226. The Morgan fingerprint density at radius 1 is 1.21 bits per heavy atom. The summed E-state index contributed by atoms with van der Waals surface area (Å²) in [6.45, 7) is 6.43. The minimum Gasteiger partial charge on any atom is -0.492 e. The van der Waals surface area contributed by atoms with E-state index < -0.39 is 0 Å². The largest absolute Gasteiger partial charge is 0.492 e. The van der Waals surface area contributed by atoms with Gasteiger partial charge in [-0.25, -0.2) is 0 Å². The van der Waals surface area contributed by atoms with E-state index in [0.717, 1.165) is 17.9 Å². The summed E-state index contributed by atoms with van der Waals surface area (Å²) in [6.07, 6.45) is 6.47. The van der Waals surface area contributed by atoms with Gasteiger partial charge in [-0.05, 0) is 69.9 Å². The van der Waals surface area contributed by atoms with E-state index in [1.54, 1.807) is 0 Å². The highest BCUT2D eigenvalue weighted by Gasteiger charge is 2.09. The topological polar surface area (TPSA) is 38.5 Å². The molecule has 1 aromatic carbocycles. The summed E-state index contributed by atoms with van der Waals surface area (Å²) >= 11 is 0. The van der Waals surface area contributed by atoms with E-state index in [9.17, 15) is 0 Å². The van der Waals surface area contributed by atoms with Crippen molar-refractivity contribution in [1.29, 1.82) is 0 Å². The van der Waals surface area contributed by atoms with Crippen LogP contribution in [0.15, 0.2) is 18.2 Å². The molecule has 0 amide bonds. The van der Waals surface area contributed by atoms with Gasteiger partial charge in [-0.15, -0.1) is 0 Å². The molecule has 2 rings (SSSR count). The summed E-state index contributed by atoms with van der Waals surface area (Å²) in [5.41, 5.74) is 8.07. The molecule has 3 heteroatoms. The molecule has 1 saturated heterocycles. The number of ether oxygens (including phenoxy) is 1. The van der Waals surface area contributed by atoms with Gasteiger partial charge in [0.1, 0.15) is 5.75 Å². The van der Waals surface area contributed by atoms with E-state index in [1.807, 2.05) is 13.0 Å². The number of hydrogen-bond donors (Lipinski definition) is 1. The molecule has 0 spiro atoms. The van der Waals surface area contributed by atoms with Gasteiger partial charge in [0, 0.05) is 0 Å². The van der Waals surface area contributed by atoms with Crippen LogP contribution in [0.1, 0.15) is 38.2 Å². The monoisotopic (exact) mass is 262 g/mol. The van der Waals surface area contributed by atoms with Crippen LogP contribution in [0.4, 0.5) is 5.69 Å². The standard InChI is InChI=1S/C16H26N2O/c1-2-19-16-9-8-14(13-15(16)17)7-6-12-18-10-4-3-5-11-18/h8-9,13H,2-7,10-12,17H2,1H3. The minimum atomic E-state index is 0.665. The summed E-state index contributed by atoms with van der Waals surface area (Å²) in [6, 6.07) is 6.19. The minimum absolute atomic E-state index is 0.665. The van der Waals surface area contributed by atoms with Crippen LogP contribution >= 0.6 is 0 Å². The maximum atomic E-state index is 5.99. The van der Waals surface area contributed by atoms with Crippen molar-refractivity contribution in [1.82, 2.24) is 4.90 Å². The first-order valence-electron chi connectivity index (χ1n) is 7.53. The maximum Gasteiger partial charge on any atom is 0.142 e. The number of anilines is 1. The molecule has 1 heterocycles. The van der Waals surface area contributed by atoms with E-state index in [4.69, 9.17) is 10.5 Å². The first-order chi connectivity index (χ1) is 9.29. The molecule has 1 fully saturated rings. The quantitative estimate of drug-likeness (QED) is 0.801. The second-order valence-electron chi connectivity index (χ2n) is 5.31. The molecule has 0 aromatic heterocycles. The fourth-order valence-corrected chi connectivity index (χ4v) is 2.73. The van der Waals surface area contributed by atoms with Crippen molar-refractivity contribution in [2.75, 3.05) is 32.0 Å². The normalized spacial score (nSPS) is 16.5.